The van der Waals surface area contributed by atoms with E-state index in [2.05, 4.69) is 29.7 Å². The first kappa shape index (κ1) is 15.9. The van der Waals surface area contributed by atoms with E-state index >= 15 is 0 Å². The Morgan fingerprint density at radius 3 is 2.53 bits per heavy atom. The summed E-state index contributed by atoms with van der Waals surface area (Å²) in [5.74, 6) is 0.469. The predicted octanol–water partition coefficient (Wildman–Crippen LogP) is 1.94. The highest BCUT2D eigenvalue weighted by atomic mass is 35.5. The van der Waals surface area contributed by atoms with Crippen molar-refractivity contribution < 1.29 is 4.79 Å². The molecule has 1 aromatic rings. The topological polar surface area (TPSA) is 41.1 Å². The van der Waals surface area contributed by atoms with Crippen LogP contribution in [0.1, 0.15) is 24.8 Å². The van der Waals surface area contributed by atoms with Crippen LogP contribution < -0.4 is 10.6 Å². The minimum Gasteiger partial charge on any atom is -0.355 e. The Morgan fingerprint density at radius 1 is 1.29 bits per heavy atom. The third-order valence-corrected chi connectivity index (χ3v) is 2.58. The van der Waals surface area contributed by atoms with Crippen molar-refractivity contribution >= 4 is 18.3 Å². The number of rotatable bonds is 6. The summed E-state index contributed by atoms with van der Waals surface area (Å²) >= 11 is 0. The summed E-state index contributed by atoms with van der Waals surface area (Å²) in [6, 6.07) is 10.2. The minimum absolute atomic E-state index is 0. The lowest BCUT2D eigenvalue weighted by Gasteiger charge is -2.12. The zero-order chi connectivity index (χ0) is 11.8. The van der Waals surface area contributed by atoms with E-state index in [0.717, 1.165) is 6.54 Å². The quantitative estimate of drug-likeness (QED) is 0.817. The van der Waals surface area contributed by atoms with E-state index in [1.54, 1.807) is 0 Å². The Hall–Kier alpha value is -1.06. The molecule has 17 heavy (non-hydrogen) atoms. The summed E-state index contributed by atoms with van der Waals surface area (Å²) in [7, 11) is 1.85. The van der Waals surface area contributed by atoms with Gasteiger partial charge in [0.05, 0.1) is 0 Å². The highest BCUT2D eigenvalue weighted by molar-refractivity contribution is 5.85. The molecule has 0 radical (unpaired) electrons. The Morgan fingerprint density at radius 2 is 1.94 bits per heavy atom. The van der Waals surface area contributed by atoms with Crippen LogP contribution in [0.4, 0.5) is 0 Å². The first-order valence-corrected chi connectivity index (χ1v) is 5.70. The molecule has 0 saturated heterocycles. The summed E-state index contributed by atoms with van der Waals surface area (Å²) in [6.45, 7) is 3.55. The third-order valence-electron chi connectivity index (χ3n) is 2.58. The Labute approximate surface area is 109 Å². The van der Waals surface area contributed by atoms with Gasteiger partial charge >= 0.3 is 0 Å². The molecule has 4 heteroatoms. The molecule has 3 nitrogen and oxygen atoms in total. The average Bonchev–Trinajstić information content (AvgIpc) is 2.34. The monoisotopic (exact) mass is 256 g/mol. The third kappa shape index (κ3) is 6.29. The molecule has 0 bridgehead atoms. The molecule has 0 heterocycles. The Bertz CT molecular complexity index is 316. The van der Waals surface area contributed by atoms with E-state index in [1.165, 1.54) is 5.56 Å². The van der Waals surface area contributed by atoms with Crippen LogP contribution >= 0.6 is 12.4 Å². The number of benzene rings is 1. The molecule has 1 amide bonds. The second-order valence-electron chi connectivity index (χ2n) is 3.97. The zero-order valence-electron chi connectivity index (χ0n) is 10.4. The molecular formula is C13H21ClN2O. The van der Waals surface area contributed by atoms with Gasteiger partial charge in [-0.3, -0.25) is 4.79 Å². The molecule has 1 atom stereocenters. The van der Waals surface area contributed by atoms with Gasteiger partial charge in [-0.25, -0.2) is 0 Å². The van der Waals surface area contributed by atoms with E-state index in [0.29, 0.717) is 18.9 Å². The molecule has 0 aliphatic carbocycles. The van der Waals surface area contributed by atoms with E-state index in [1.807, 2.05) is 25.2 Å². The minimum atomic E-state index is 0. The fourth-order valence-electron chi connectivity index (χ4n) is 1.49. The van der Waals surface area contributed by atoms with E-state index in [4.69, 9.17) is 0 Å². The standard InChI is InChI=1S/C13H20N2O.ClH/c1-11(12-6-4-3-5-7-12)10-15-13(16)8-9-14-2;/h3-7,11,14H,8-10H2,1-2H3,(H,15,16);1H. The van der Waals surface area contributed by atoms with Crippen molar-refractivity contribution in [3.05, 3.63) is 35.9 Å². The zero-order valence-corrected chi connectivity index (χ0v) is 11.2. The summed E-state index contributed by atoms with van der Waals surface area (Å²) in [4.78, 5) is 11.4. The molecular weight excluding hydrogens is 236 g/mol. The van der Waals surface area contributed by atoms with Crippen molar-refractivity contribution in [2.24, 2.45) is 0 Å². The van der Waals surface area contributed by atoms with E-state index < -0.39 is 0 Å². The summed E-state index contributed by atoms with van der Waals surface area (Å²) < 4.78 is 0. The van der Waals surface area contributed by atoms with Crippen LogP contribution in [0.2, 0.25) is 0 Å². The molecule has 2 N–H and O–H groups in total. The largest absolute Gasteiger partial charge is 0.355 e. The number of hydrogen-bond acceptors (Lipinski definition) is 2. The van der Waals surface area contributed by atoms with Gasteiger partial charge in [0.25, 0.3) is 0 Å². The summed E-state index contributed by atoms with van der Waals surface area (Å²) in [5.41, 5.74) is 1.26. The first-order chi connectivity index (χ1) is 7.74. The molecule has 1 aromatic carbocycles. The van der Waals surface area contributed by atoms with Gasteiger partial charge in [-0.15, -0.1) is 12.4 Å². The second-order valence-corrected chi connectivity index (χ2v) is 3.97. The van der Waals surface area contributed by atoms with Gasteiger partial charge in [0.15, 0.2) is 0 Å². The lowest BCUT2D eigenvalue weighted by molar-refractivity contribution is -0.121. The van der Waals surface area contributed by atoms with Crippen molar-refractivity contribution in [3.8, 4) is 0 Å². The second kappa shape index (κ2) is 9.02. The van der Waals surface area contributed by atoms with Gasteiger partial charge in [-0.1, -0.05) is 37.3 Å². The molecule has 96 valence electrons. The first-order valence-electron chi connectivity index (χ1n) is 5.70. The molecule has 1 rings (SSSR count). The molecule has 0 saturated carbocycles. The number of halogens is 1. The molecule has 1 unspecified atom stereocenters. The van der Waals surface area contributed by atoms with Crippen LogP contribution in [0, 0.1) is 0 Å². The maximum absolute atomic E-state index is 11.4. The van der Waals surface area contributed by atoms with Gasteiger partial charge in [0.1, 0.15) is 0 Å². The van der Waals surface area contributed by atoms with Crippen molar-refractivity contribution in [3.63, 3.8) is 0 Å². The Balaban J connectivity index is 0.00000256. The van der Waals surface area contributed by atoms with Gasteiger partial charge in [0, 0.05) is 19.5 Å². The fraction of sp³-hybridized carbons (Fsp3) is 0.462. The van der Waals surface area contributed by atoms with E-state index in [9.17, 15) is 4.79 Å². The molecule has 0 aliphatic rings. The van der Waals surface area contributed by atoms with Crippen LogP contribution in [0.25, 0.3) is 0 Å². The van der Waals surface area contributed by atoms with Crippen LogP contribution in [-0.2, 0) is 4.79 Å². The number of carbonyl (C=O) groups is 1. The lowest BCUT2D eigenvalue weighted by atomic mass is 10.0. The number of nitrogens with one attached hydrogen (secondary N) is 2. The van der Waals surface area contributed by atoms with Crippen LogP contribution in [0.15, 0.2) is 30.3 Å². The van der Waals surface area contributed by atoms with Gasteiger partial charge in [-0.2, -0.15) is 0 Å². The van der Waals surface area contributed by atoms with Gasteiger partial charge < -0.3 is 10.6 Å². The normalized spacial score (nSPS) is 11.4. The smallest absolute Gasteiger partial charge is 0.221 e. The lowest BCUT2D eigenvalue weighted by Crippen LogP contribution is -2.29. The SMILES string of the molecule is CNCCC(=O)NCC(C)c1ccccc1.Cl. The maximum atomic E-state index is 11.4. The van der Waals surface area contributed by atoms with Crippen LogP contribution in [0.5, 0.6) is 0 Å². The van der Waals surface area contributed by atoms with E-state index in [-0.39, 0.29) is 18.3 Å². The highest BCUT2D eigenvalue weighted by Crippen LogP contribution is 2.12. The fourth-order valence-corrected chi connectivity index (χ4v) is 1.49. The van der Waals surface area contributed by atoms with Crippen molar-refractivity contribution in [1.82, 2.24) is 10.6 Å². The Kier molecular flexibility index (Phi) is 8.46. The molecule has 0 fully saturated rings. The van der Waals surface area contributed by atoms with Crippen molar-refractivity contribution in [2.45, 2.75) is 19.3 Å². The summed E-state index contributed by atoms with van der Waals surface area (Å²) in [5, 5.41) is 5.89. The van der Waals surface area contributed by atoms with Crippen LogP contribution in [-0.4, -0.2) is 26.0 Å². The summed E-state index contributed by atoms with van der Waals surface area (Å²) in [6.07, 6.45) is 0.540. The number of carbonyl (C=O) groups excluding carboxylic acids is 1. The van der Waals surface area contributed by atoms with Crippen molar-refractivity contribution in [1.29, 1.82) is 0 Å². The molecule has 0 aliphatic heterocycles. The van der Waals surface area contributed by atoms with Gasteiger partial charge in [-0.05, 0) is 18.5 Å². The molecule has 0 spiro atoms. The van der Waals surface area contributed by atoms with Crippen LogP contribution in [0.3, 0.4) is 0 Å². The molecule has 0 aromatic heterocycles. The maximum Gasteiger partial charge on any atom is 0.221 e. The average molecular weight is 257 g/mol. The predicted molar refractivity (Wildman–Crippen MR) is 73.7 cm³/mol. The number of amides is 1. The highest BCUT2D eigenvalue weighted by Gasteiger charge is 2.06. The van der Waals surface area contributed by atoms with Gasteiger partial charge in [0.2, 0.25) is 5.91 Å². The van der Waals surface area contributed by atoms with Crippen molar-refractivity contribution in [2.75, 3.05) is 20.1 Å². The number of hydrogen-bond donors (Lipinski definition) is 2.